The number of likely N-dealkylation sites (tertiary alicyclic amines) is 2. The van der Waals surface area contributed by atoms with Gasteiger partial charge >= 0.3 is 5.69 Å². The molecule has 4 heterocycles. The van der Waals surface area contributed by atoms with Crippen molar-refractivity contribution in [2.45, 2.75) is 37.8 Å². The fraction of sp³-hybridized carbons (Fsp3) is 0.455. The molecule has 5 rings (SSSR count). The summed E-state index contributed by atoms with van der Waals surface area (Å²) in [6.07, 6.45) is 8.00. The number of carbonyl (C=O) groups is 1. The van der Waals surface area contributed by atoms with Gasteiger partial charge in [0.15, 0.2) is 0 Å². The summed E-state index contributed by atoms with van der Waals surface area (Å²) < 4.78 is 16.0. The molecule has 2 saturated heterocycles. The van der Waals surface area contributed by atoms with E-state index in [1.165, 1.54) is 12.4 Å². The number of fused-ring (bicyclic) bond motifs is 1. The highest BCUT2D eigenvalue weighted by molar-refractivity contribution is 5.93. The van der Waals surface area contributed by atoms with E-state index >= 15 is 0 Å². The molecule has 2 aliphatic rings. The third-order valence-corrected chi connectivity index (χ3v) is 6.63. The van der Waals surface area contributed by atoms with Crippen molar-refractivity contribution in [3.05, 3.63) is 58.8 Å². The summed E-state index contributed by atoms with van der Waals surface area (Å²) in [5, 5.41) is 0. The predicted molar refractivity (Wildman–Crippen MR) is 113 cm³/mol. The molecule has 2 aliphatic heterocycles. The van der Waals surface area contributed by atoms with Crippen LogP contribution in [0.5, 0.6) is 0 Å². The fourth-order valence-electron chi connectivity index (χ4n) is 5.02. The van der Waals surface area contributed by atoms with Gasteiger partial charge in [-0.05, 0) is 37.8 Å². The summed E-state index contributed by atoms with van der Waals surface area (Å²) >= 11 is 0. The molecule has 1 aromatic carbocycles. The molecule has 1 N–H and O–H groups in total. The minimum absolute atomic E-state index is 0.00542. The zero-order valence-electron chi connectivity index (χ0n) is 17.2. The van der Waals surface area contributed by atoms with E-state index < -0.39 is 0 Å². The third kappa shape index (κ3) is 3.74. The average molecular weight is 424 g/mol. The van der Waals surface area contributed by atoms with Crippen LogP contribution in [-0.2, 0) is 0 Å². The van der Waals surface area contributed by atoms with E-state index in [9.17, 15) is 14.0 Å². The van der Waals surface area contributed by atoms with Crippen molar-refractivity contribution in [1.82, 2.24) is 29.3 Å². The molecule has 0 radical (unpaired) electrons. The molecule has 2 aromatic heterocycles. The first-order valence-electron chi connectivity index (χ1n) is 10.8. The smallest absolute Gasteiger partial charge is 0.326 e. The van der Waals surface area contributed by atoms with E-state index in [-0.39, 0.29) is 23.5 Å². The van der Waals surface area contributed by atoms with Gasteiger partial charge in [0.1, 0.15) is 17.7 Å². The Morgan fingerprint density at radius 1 is 1.00 bits per heavy atom. The van der Waals surface area contributed by atoms with Crippen LogP contribution in [0.2, 0.25) is 0 Å². The van der Waals surface area contributed by atoms with E-state index in [2.05, 4.69) is 19.9 Å². The van der Waals surface area contributed by atoms with Crippen LogP contribution in [0.15, 0.2) is 41.7 Å². The molecule has 2 fully saturated rings. The van der Waals surface area contributed by atoms with Crippen molar-refractivity contribution in [3.63, 3.8) is 0 Å². The van der Waals surface area contributed by atoms with Gasteiger partial charge in [0.25, 0.3) is 5.91 Å². The fourth-order valence-corrected chi connectivity index (χ4v) is 5.02. The van der Waals surface area contributed by atoms with Crippen molar-refractivity contribution in [3.8, 4) is 0 Å². The quantitative estimate of drug-likeness (QED) is 0.697. The zero-order valence-corrected chi connectivity index (χ0v) is 17.2. The molecule has 0 spiro atoms. The Bertz CT molecular complexity index is 1130. The van der Waals surface area contributed by atoms with Gasteiger partial charge in [0, 0.05) is 50.7 Å². The number of nitrogens with zero attached hydrogens (tertiary/aromatic N) is 5. The van der Waals surface area contributed by atoms with Crippen LogP contribution >= 0.6 is 0 Å². The lowest BCUT2D eigenvalue weighted by Gasteiger charge is -2.42. The lowest BCUT2D eigenvalue weighted by atomic mass is 9.97. The number of aromatic amines is 1. The lowest BCUT2D eigenvalue weighted by molar-refractivity contribution is 0.0557. The maximum atomic E-state index is 14.4. The van der Waals surface area contributed by atoms with Crippen molar-refractivity contribution >= 4 is 16.9 Å². The Morgan fingerprint density at radius 2 is 1.68 bits per heavy atom. The Kier molecular flexibility index (Phi) is 5.27. The maximum Gasteiger partial charge on any atom is 0.326 e. The number of nitrogens with one attached hydrogen (secondary N) is 1. The maximum absolute atomic E-state index is 14.4. The second kappa shape index (κ2) is 8.22. The Labute approximate surface area is 178 Å². The Morgan fingerprint density at radius 3 is 2.39 bits per heavy atom. The van der Waals surface area contributed by atoms with Crippen molar-refractivity contribution in [2.75, 3.05) is 26.2 Å². The molecule has 3 aromatic rings. The molecule has 0 saturated carbocycles. The van der Waals surface area contributed by atoms with Gasteiger partial charge in [-0.3, -0.25) is 9.36 Å². The van der Waals surface area contributed by atoms with Crippen LogP contribution in [0.1, 0.15) is 42.1 Å². The van der Waals surface area contributed by atoms with Crippen molar-refractivity contribution in [2.24, 2.45) is 0 Å². The lowest BCUT2D eigenvalue weighted by Crippen LogP contribution is -2.49. The highest BCUT2D eigenvalue weighted by atomic mass is 19.1. The largest absolute Gasteiger partial charge is 0.338 e. The molecule has 0 aliphatic carbocycles. The van der Waals surface area contributed by atoms with Crippen LogP contribution in [0, 0.1) is 5.82 Å². The summed E-state index contributed by atoms with van der Waals surface area (Å²) in [6, 6.07) is 5.17. The second-order valence-corrected chi connectivity index (χ2v) is 8.35. The van der Waals surface area contributed by atoms with Crippen LogP contribution in [0.3, 0.4) is 0 Å². The van der Waals surface area contributed by atoms with E-state index in [1.807, 2.05) is 4.90 Å². The number of H-pyrrole nitrogens is 1. The number of imidazole rings is 1. The van der Waals surface area contributed by atoms with Crippen LogP contribution in [0.4, 0.5) is 4.39 Å². The van der Waals surface area contributed by atoms with E-state index in [1.54, 1.807) is 29.1 Å². The van der Waals surface area contributed by atoms with Gasteiger partial charge in [-0.15, -0.1) is 0 Å². The summed E-state index contributed by atoms with van der Waals surface area (Å²) in [5.74, 6) is -0.377. The van der Waals surface area contributed by atoms with Crippen molar-refractivity contribution < 1.29 is 9.18 Å². The highest BCUT2D eigenvalue weighted by Gasteiger charge is 2.31. The molecule has 9 heteroatoms. The molecule has 0 unspecified atom stereocenters. The summed E-state index contributed by atoms with van der Waals surface area (Å²) in [5.41, 5.74) is 1.21. The average Bonchev–Trinajstić information content (AvgIpc) is 3.16. The molecule has 8 nitrogen and oxygen atoms in total. The summed E-state index contributed by atoms with van der Waals surface area (Å²) in [6.45, 7) is 3.16. The van der Waals surface area contributed by atoms with Crippen LogP contribution < -0.4 is 5.69 Å². The van der Waals surface area contributed by atoms with E-state index in [0.29, 0.717) is 35.7 Å². The number of halogens is 1. The van der Waals surface area contributed by atoms with Gasteiger partial charge < -0.3 is 14.8 Å². The molecule has 0 atom stereocenters. The van der Waals surface area contributed by atoms with Crippen LogP contribution in [0.25, 0.3) is 11.0 Å². The normalized spacial score (nSPS) is 19.2. The van der Waals surface area contributed by atoms with E-state index in [0.717, 1.165) is 38.8 Å². The summed E-state index contributed by atoms with van der Waals surface area (Å²) in [4.78, 5) is 40.0. The SMILES string of the molecule is O=C(c1cncnc1)N1CCC(N2CCC(n3c(=O)[nH]c4cccc(F)c43)CC2)CC1. The number of carbonyl (C=O) groups excluding carboxylic acids is 1. The monoisotopic (exact) mass is 424 g/mol. The van der Waals surface area contributed by atoms with Gasteiger partial charge in [-0.2, -0.15) is 0 Å². The standard InChI is InChI=1S/C22H25FN6O2/c23-18-2-1-3-19-20(18)29(22(31)26-19)17-6-8-27(9-7-17)16-4-10-28(11-5-16)21(30)15-12-24-14-25-13-15/h1-3,12-14,16-17H,4-11H2,(H,26,31). The first-order chi connectivity index (χ1) is 15.1. The molecule has 31 heavy (non-hydrogen) atoms. The number of benzene rings is 1. The Balaban J connectivity index is 1.20. The van der Waals surface area contributed by atoms with E-state index in [4.69, 9.17) is 0 Å². The van der Waals surface area contributed by atoms with Gasteiger partial charge in [0.05, 0.1) is 11.1 Å². The molecular weight excluding hydrogens is 399 g/mol. The topological polar surface area (TPSA) is 87.1 Å². The predicted octanol–water partition coefficient (Wildman–Crippen LogP) is 2.20. The van der Waals surface area contributed by atoms with Gasteiger partial charge in [0.2, 0.25) is 0 Å². The second-order valence-electron chi connectivity index (χ2n) is 8.35. The number of aromatic nitrogens is 4. The Hall–Kier alpha value is -3.07. The molecule has 1 amide bonds. The third-order valence-electron chi connectivity index (χ3n) is 6.63. The number of rotatable bonds is 3. The number of hydrogen-bond donors (Lipinski definition) is 1. The number of hydrogen-bond acceptors (Lipinski definition) is 5. The molecular formula is C22H25FN6O2. The van der Waals surface area contributed by atoms with Crippen molar-refractivity contribution in [1.29, 1.82) is 0 Å². The minimum Gasteiger partial charge on any atom is -0.338 e. The van der Waals surface area contributed by atoms with Crippen LogP contribution in [-0.4, -0.2) is 67.4 Å². The highest BCUT2D eigenvalue weighted by Crippen LogP contribution is 2.29. The number of amides is 1. The number of para-hydroxylation sites is 1. The first-order valence-corrected chi connectivity index (χ1v) is 10.8. The molecule has 162 valence electrons. The molecule has 0 bridgehead atoms. The minimum atomic E-state index is -0.362. The van der Waals surface area contributed by atoms with Gasteiger partial charge in [-0.1, -0.05) is 6.07 Å². The zero-order chi connectivity index (χ0) is 21.4. The number of piperidine rings is 2. The van der Waals surface area contributed by atoms with Gasteiger partial charge in [-0.25, -0.2) is 19.2 Å². The summed E-state index contributed by atoms with van der Waals surface area (Å²) in [7, 11) is 0. The first kappa shape index (κ1) is 19.9.